The van der Waals surface area contributed by atoms with Crippen molar-refractivity contribution in [1.82, 2.24) is 10.3 Å². The van der Waals surface area contributed by atoms with Crippen molar-refractivity contribution in [2.24, 2.45) is 0 Å². The van der Waals surface area contributed by atoms with Crippen LogP contribution < -0.4 is 5.32 Å². The molecule has 0 bridgehead atoms. The second-order valence-corrected chi connectivity index (χ2v) is 5.40. The number of nitrogens with one attached hydrogen (secondary N) is 1. The minimum absolute atomic E-state index is 0.0761. The normalized spacial score (nSPS) is 10.6. The largest absolute Gasteiger partial charge is 0.306 e. The fourth-order valence-electron chi connectivity index (χ4n) is 1.66. The molecule has 0 amide bonds. The Morgan fingerprint density at radius 2 is 2.26 bits per heavy atom. The fraction of sp³-hybridized carbons (Fsp3) is 0.250. The number of nitro groups is 1. The van der Waals surface area contributed by atoms with Crippen molar-refractivity contribution in [3.8, 4) is 0 Å². The Hall–Kier alpha value is -1.50. The minimum atomic E-state index is -0.402. The van der Waals surface area contributed by atoms with E-state index in [0.717, 1.165) is 10.7 Å². The van der Waals surface area contributed by atoms with E-state index < -0.39 is 4.92 Å². The van der Waals surface area contributed by atoms with Gasteiger partial charge in [-0.1, -0.05) is 11.6 Å². The average Bonchev–Trinajstić information content (AvgIpc) is 2.75. The summed E-state index contributed by atoms with van der Waals surface area (Å²) in [6.07, 6.45) is 0. The first-order valence-electron chi connectivity index (χ1n) is 5.61. The Bertz CT molecular complexity index is 600. The molecule has 0 spiro atoms. The first-order chi connectivity index (χ1) is 9.06. The molecule has 2 rings (SSSR count). The summed E-state index contributed by atoms with van der Waals surface area (Å²) in [6, 6.07) is 4.56. The summed E-state index contributed by atoms with van der Waals surface area (Å²) in [5, 5.41) is 17.5. The molecule has 1 heterocycles. The van der Waals surface area contributed by atoms with E-state index in [1.54, 1.807) is 17.4 Å². The SMILES string of the molecule is Cc1csc(CNCc2cc(Cl)ccc2[N+](=O)[O-])n1. The third-order valence-corrected chi connectivity index (χ3v) is 3.70. The van der Waals surface area contributed by atoms with E-state index in [-0.39, 0.29) is 5.69 Å². The van der Waals surface area contributed by atoms with Gasteiger partial charge in [0.2, 0.25) is 0 Å². The van der Waals surface area contributed by atoms with E-state index in [9.17, 15) is 10.1 Å². The topological polar surface area (TPSA) is 68.1 Å². The Balaban J connectivity index is 2.02. The first-order valence-corrected chi connectivity index (χ1v) is 6.86. The number of aromatic nitrogens is 1. The van der Waals surface area contributed by atoms with Crippen LogP contribution in [0.3, 0.4) is 0 Å². The zero-order chi connectivity index (χ0) is 13.8. The van der Waals surface area contributed by atoms with Crippen LogP contribution in [0, 0.1) is 17.0 Å². The molecule has 0 saturated heterocycles. The smallest absolute Gasteiger partial charge is 0.273 e. The molecule has 0 aliphatic rings. The molecule has 0 fully saturated rings. The molecule has 7 heteroatoms. The number of aryl methyl sites for hydroxylation is 1. The number of halogens is 1. The highest BCUT2D eigenvalue weighted by molar-refractivity contribution is 7.09. The van der Waals surface area contributed by atoms with Crippen LogP contribution in [0.4, 0.5) is 5.69 Å². The van der Waals surface area contributed by atoms with Crippen molar-refractivity contribution in [3.63, 3.8) is 0 Å². The van der Waals surface area contributed by atoms with Gasteiger partial charge in [-0.15, -0.1) is 11.3 Å². The molecule has 2 aromatic rings. The van der Waals surface area contributed by atoms with Gasteiger partial charge in [0.25, 0.3) is 5.69 Å². The third-order valence-electron chi connectivity index (χ3n) is 2.50. The maximum atomic E-state index is 10.9. The van der Waals surface area contributed by atoms with Gasteiger partial charge in [-0.2, -0.15) is 0 Å². The van der Waals surface area contributed by atoms with Crippen molar-refractivity contribution in [3.05, 3.63) is 55.0 Å². The van der Waals surface area contributed by atoms with Crippen LogP contribution >= 0.6 is 22.9 Å². The van der Waals surface area contributed by atoms with Crippen LogP contribution in [0.1, 0.15) is 16.3 Å². The van der Waals surface area contributed by atoms with Gasteiger partial charge in [0.1, 0.15) is 5.01 Å². The predicted octanol–water partition coefficient (Wildman–Crippen LogP) is 3.30. The Morgan fingerprint density at radius 3 is 2.89 bits per heavy atom. The molecule has 100 valence electrons. The van der Waals surface area contributed by atoms with Crippen molar-refractivity contribution >= 4 is 28.6 Å². The first kappa shape index (κ1) is 13.9. The van der Waals surface area contributed by atoms with Gasteiger partial charge in [0, 0.05) is 40.8 Å². The monoisotopic (exact) mass is 297 g/mol. The van der Waals surface area contributed by atoms with E-state index in [0.29, 0.717) is 23.7 Å². The second-order valence-electron chi connectivity index (χ2n) is 4.02. The Morgan fingerprint density at radius 1 is 1.47 bits per heavy atom. The molecule has 0 unspecified atom stereocenters. The standard InChI is InChI=1S/C12H12ClN3O2S/c1-8-7-19-12(15-8)6-14-5-9-4-10(13)2-3-11(9)16(17)18/h2-4,7,14H,5-6H2,1H3. The van der Waals surface area contributed by atoms with E-state index in [4.69, 9.17) is 11.6 Å². The Kier molecular flexibility index (Phi) is 4.47. The molecule has 0 radical (unpaired) electrons. The fourth-order valence-corrected chi connectivity index (χ4v) is 2.60. The van der Waals surface area contributed by atoms with Gasteiger partial charge in [-0.05, 0) is 19.1 Å². The van der Waals surface area contributed by atoms with Gasteiger partial charge in [0.15, 0.2) is 0 Å². The molecule has 1 aromatic carbocycles. The lowest BCUT2D eigenvalue weighted by Crippen LogP contribution is -2.13. The highest BCUT2D eigenvalue weighted by Gasteiger charge is 2.13. The minimum Gasteiger partial charge on any atom is -0.306 e. The number of benzene rings is 1. The number of nitrogens with zero attached hydrogens (tertiary/aromatic N) is 2. The number of hydrogen-bond donors (Lipinski definition) is 1. The molecule has 0 aliphatic carbocycles. The highest BCUT2D eigenvalue weighted by Crippen LogP contribution is 2.22. The third kappa shape index (κ3) is 3.73. The summed E-state index contributed by atoms with van der Waals surface area (Å²) >= 11 is 7.42. The molecule has 0 saturated carbocycles. The predicted molar refractivity (Wildman–Crippen MR) is 75.5 cm³/mol. The van der Waals surface area contributed by atoms with Crippen LogP contribution in [-0.4, -0.2) is 9.91 Å². The number of hydrogen-bond acceptors (Lipinski definition) is 5. The summed E-state index contributed by atoms with van der Waals surface area (Å²) in [5.74, 6) is 0. The lowest BCUT2D eigenvalue weighted by Gasteiger charge is -2.04. The zero-order valence-corrected chi connectivity index (χ0v) is 11.8. The molecule has 1 N–H and O–H groups in total. The maximum absolute atomic E-state index is 10.9. The summed E-state index contributed by atoms with van der Waals surface area (Å²) in [7, 11) is 0. The number of nitro benzene ring substituents is 1. The van der Waals surface area contributed by atoms with Gasteiger partial charge < -0.3 is 5.32 Å². The van der Waals surface area contributed by atoms with Gasteiger partial charge in [0.05, 0.1) is 4.92 Å². The van der Waals surface area contributed by atoms with Crippen molar-refractivity contribution in [2.75, 3.05) is 0 Å². The molecular weight excluding hydrogens is 286 g/mol. The average molecular weight is 298 g/mol. The summed E-state index contributed by atoms with van der Waals surface area (Å²) < 4.78 is 0. The molecular formula is C12H12ClN3O2S. The molecule has 19 heavy (non-hydrogen) atoms. The maximum Gasteiger partial charge on any atom is 0.273 e. The Labute approximate surface area is 119 Å². The number of rotatable bonds is 5. The van der Waals surface area contributed by atoms with E-state index in [1.165, 1.54) is 12.1 Å². The van der Waals surface area contributed by atoms with E-state index in [1.807, 2.05) is 12.3 Å². The summed E-state index contributed by atoms with van der Waals surface area (Å²) in [6.45, 7) is 2.90. The molecule has 0 atom stereocenters. The van der Waals surface area contributed by atoms with Crippen LogP contribution in [0.25, 0.3) is 0 Å². The lowest BCUT2D eigenvalue weighted by atomic mass is 10.2. The lowest BCUT2D eigenvalue weighted by molar-refractivity contribution is -0.385. The van der Waals surface area contributed by atoms with Crippen LogP contribution in [0.2, 0.25) is 5.02 Å². The van der Waals surface area contributed by atoms with Crippen molar-refractivity contribution in [1.29, 1.82) is 0 Å². The molecule has 1 aromatic heterocycles. The zero-order valence-electron chi connectivity index (χ0n) is 10.2. The van der Waals surface area contributed by atoms with Crippen molar-refractivity contribution in [2.45, 2.75) is 20.0 Å². The highest BCUT2D eigenvalue weighted by atomic mass is 35.5. The quantitative estimate of drug-likeness (QED) is 0.679. The number of thiazole rings is 1. The molecule has 0 aliphatic heterocycles. The van der Waals surface area contributed by atoms with Gasteiger partial charge in [-0.25, -0.2) is 4.98 Å². The van der Waals surface area contributed by atoms with E-state index in [2.05, 4.69) is 10.3 Å². The van der Waals surface area contributed by atoms with Crippen LogP contribution in [0.5, 0.6) is 0 Å². The van der Waals surface area contributed by atoms with Crippen molar-refractivity contribution < 1.29 is 4.92 Å². The molecule has 5 nitrogen and oxygen atoms in total. The summed E-state index contributed by atoms with van der Waals surface area (Å²) in [5.41, 5.74) is 1.63. The van der Waals surface area contributed by atoms with Crippen LogP contribution in [0.15, 0.2) is 23.6 Å². The second kappa shape index (κ2) is 6.10. The van der Waals surface area contributed by atoms with Gasteiger partial charge >= 0.3 is 0 Å². The van der Waals surface area contributed by atoms with Gasteiger partial charge in [-0.3, -0.25) is 10.1 Å². The van der Waals surface area contributed by atoms with E-state index >= 15 is 0 Å². The summed E-state index contributed by atoms with van der Waals surface area (Å²) in [4.78, 5) is 14.8. The van der Waals surface area contributed by atoms with Crippen LogP contribution in [-0.2, 0) is 13.1 Å².